The molecule has 0 heterocycles. The predicted octanol–water partition coefficient (Wildman–Crippen LogP) is 2.91. The third-order valence-corrected chi connectivity index (χ3v) is 2.14. The molecule has 0 bridgehead atoms. The first-order valence-electron chi connectivity index (χ1n) is 4.64. The number of halogens is 1. The molecule has 74 valence electrons. The smallest absolute Gasteiger partial charge is 0.143 e. The molecule has 0 fully saturated rings. The van der Waals surface area contributed by atoms with E-state index in [1.54, 1.807) is 12.1 Å². The molecule has 0 amide bonds. The third kappa shape index (κ3) is 2.23. The molecule has 1 rings (SSSR count). The highest BCUT2D eigenvalue weighted by atomic mass is 19.1. The van der Waals surface area contributed by atoms with Crippen molar-refractivity contribution in [2.24, 2.45) is 0 Å². The number of rotatable bonds is 3. The van der Waals surface area contributed by atoms with Gasteiger partial charge >= 0.3 is 0 Å². The summed E-state index contributed by atoms with van der Waals surface area (Å²) in [5, 5.41) is 11.8. The van der Waals surface area contributed by atoms with Crippen LogP contribution >= 0.6 is 0 Å². The highest BCUT2D eigenvalue weighted by Gasteiger charge is 2.08. The minimum atomic E-state index is -0.471. The SMILES string of the molecule is CCC(C)Nc1cccc(F)c1C#N. The van der Waals surface area contributed by atoms with Crippen molar-refractivity contribution in [1.82, 2.24) is 0 Å². The summed E-state index contributed by atoms with van der Waals surface area (Å²) in [6.07, 6.45) is 0.932. The van der Waals surface area contributed by atoms with E-state index in [0.29, 0.717) is 5.69 Å². The first-order valence-corrected chi connectivity index (χ1v) is 4.64. The van der Waals surface area contributed by atoms with E-state index in [9.17, 15) is 4.39 Å². The summed E-state index contributed by atoms with van der Waals surface area (Å²) in [4.78, 5) is 0. The Labute approximate surface area is 83.4 Å². The van der Waals surface area contributed by atoms with E-state index in [2.05, 4.69) is 5.32 Å². The number of nitrogens with one attached hydrogen (secondary N) is 1. The largest absolute Gasteiger partial charge is 0.381 e. The summed E-state index contributed by atoms with van der Waals surface area (Å²) in [7, 11) is 0. The lowest BCUT2D eigenvalue weighted by molar-refractivity contribution is 0.623. The van der Waals surface area contributed by atoms with Gasteiger partial charge in [0.05, 0.1) is 5.69 Å². The van der Waals surface area contributed by atoms with Crippen molar-refractivity contribution in [3.8, 4) is 6.07 Å². The number of anilines is 1. The van der Waals surface area contributed by atoms with Gasteiger partial charge in [0, 0.05) is 6.04 Å². The average Bonchev–Trinajstić information content (AvgIpc) is 2.18. The molecule has 1 N–H and O–H groups in total. The maximum atomic E-state index is 13.1. The average molecular weight is 192 g/mol. The molecule has 0 aliphatic heterocycles. The van der Waals surface area contributed by atoms with Crippen LogP contribution in [0.2, 0.25) is 0 Å². The highest BCUT2D eigenvalue weighted by Crippen LogP contribution is 2.18. The van der Waals surface area contributed by atoms with Gasteiger partial charge in [-0.05, 0) is 25.5 Å². The van der Waals surface area contributed by atoms with Crippen molar-refractivity contribution in [2.75, 3.05) is 5.32 Å². The molecule has 0 aromatic heterocycles. The monoisotopic (exact) mass is 192 g/mol. The lowest BCUT2D eigenvalue weighted by Crippen LogP contribution is -2.14. The van der Waals surface area contributed by atoms with Crippen LogP contribution in [0.4, 0.5) is 10.1 Å². The van der Waals surface area contributed by atoms with Crippen molar-refractivity contribution < 1.29 is 4.39 Å². The zero-order valence-electron chi connectivity index (χ0n) is 8.34. The fourth-order valence-corrected chi connectivity index (χ4v) is 1.13. The summed E-state index contributed by atoms with van der Waals surface area (Å²) in [6.45, 7) is 4.02. The van der Waals surface area contributed by atoms with Crippen molar-refractivity contribution in [3.63, 3.8) is 0 Å². The Morgan fingerprint density at radius 1 is 1.57 bits per heavy atom. The molecule has 3 heteroatoms. The van der Waals surface area contributed by atoms with Crippen LogP contribution in [-0.4, -0.2) is 6.04 Å². The van der Waals surface area contributed by atoms with Crippen LogP contribution in [0.25, 0.3) is 0 Å². The van der Waals surface area contributed by atoms with E-state index >= 15 is 0 Å². The van der Waals surface area contributed by atoms with Crippen LogP contribution in [0, 0.1) is 17.1 Å². The van der Waals surface area contributed by atoms with Crippen molar-refractivity contribution >= 4 is 5.69 Å². The van der Waals surface area contributed by atoms with Crippen LogP contribution < -0.4 is 5.32 Å². The van der Waals surface area contributed by atoms with Gasteiger partial charge < -0.3 is 5.32 Å². The Balaban J connectivity index is 2.98. The van der Waals surface area contributed by atoms with Crippen LogP contribution in [0.1, 0.15) is 25.8 Å². The van der Waals surface area contributed by atoms with Gasteiger partial charge in [0.25, 0.3) is 0 Å². The van der Waals surface area contributed by atoms with E-state index in [1.807, 2.05) is 19.9 Å². The van der Waals surface area contributed by atoms with E-state index in [4.69, 9.17) is 5.26 Å². The zero-order chi connectivity index (χ0) is 10.6. The number of hydrogen-bond donors (Lipinski definition) is 1. The molecule has 0 aliphatic carbocycles. The van der Waals surface area contributed by atoms with Crippen LogP contribution in [0.3, 0.4) is 0 Å². The van der Waals surface area contributed by atoms with Gasteiger partial charge in [-0.2, -0.15) is 5.26 Å². The van der Waals surface area contributed by atoms with E-state index < -0.39 is 5.82 Å². The van der Waals surface area contributed by atoms with Crippen LogP contribution in [0.5, 0.6) is 0 Å². The maximum absolute atomic E-state index is 13.1. The van der Waals surface area contributed by atoms with Crippen LogP contribution in [0.15, 0.2) is 18.2 Å². The van der Waals surface area contributed by atoms with Gasteiger partial charge in [-0.15, -0.1) is 0 Å². The summed E-state index contributed by atoms with van der Waals surface area (Å²) < 4.78 is 13.1. The molecule has 0 saturated carbocycles. The predicted molar refractivity (Wildman–Crippen MR) is 54.5 cm³/mol. The number of hydrogen-bond acceptors (Lipinski definition) is 2. The molecule has 1 atom stereocenters. The molecule has 0 radical (unpaired) electrons. The van der Waals surface area contributed by atoms with Crippen molar-refractivity contribution in [2.45, 2.75) is 26.3 Å². The number of nitrogens with zero attached hydrogens (tertiary/aromatic N) is 1. The normalized spacial score (nSPS) is 11.9. The minimum absolute atomic E-state index is 0.0906. The second-order valence-electron chi connectivity index (χ2n) is 3.23. The van der Waals surface area contributed by atoms with E-state index in [-0.39, 0.29) is 11.6 Å². The second-order valence-corrected chi connectivity index (χ2v) is 3.23. The van der Waals surface area contributed by atoms with Crippen LogP contribution in [-0.2, 0) is 0 Å². The number of benzene rings is 1. The molecule has 1 aromatic carbocycles. The lowest BCUT2D eigenvalue weighted by Gasteiger charge is -2.14. The summed E-state index contributed by atoms with van der Waals surface area (Å²) in [6, 6.07) is 6.70. The minimum Gasteiger partial charge on any atom is -0.381 e. The Morgan fingerprint density at radius 3 is 2.86 bits per heavy atom. The summed E-state index contributed by atoms with van der Waals surface area (Å²) in [5.41, 5.74) is 0.662. The molecule has 2 nitrogen and oxygen atoms in total. The second kappa shape index (κ2) is 4.61. The highest BCUT2D eigenvalue weighted by molar-refractivity contribution is 5.58. The van der Waals surface area contributed by atoms with Gasteiger partial charge in [0.1, 0.15) is 17.4 Å². The molecular weight excluding hydrogens is 179 g/mol. The van der Waals surface area contributed by atoms with E-state index in [0.717, 1.165) is 6.42 Å². The Hall–Kier alpha value is -1.56. The Morgan fingerprint density at radius 2 is 2.29 bits per heavy atom. The van der Waals surface area contributed by atoms with Crippen molar-refractivity contribution in [1.29, 1.82) is 5.26 Å². The summed E-state index contributed by atoms with van der Waals surface area (Å²) in [5.74, 6) is -0.471. The Kier molecular flexibility index (Phi) is 3.47. The zero-order valence-corrected chi connectivity index (χ0v) is 8.34. The standard InChI is InChI=1S/C11H13FN2/c1-3-8(2)14-11-6-4-5-10(12)9(11)7-13/h4-6,8,14H,3H2,1-2H3. The first-order chi connectivity index (χ1) is 6.69. The molecular formula is C11H13FN2. The van der Waals surface area contributed by atoms with Gasteiger partial charge in [0.2, 0.25) is 0 Å². The van der Waals surface area contributed by atoms with Gasteiger partial charge in [-0.3, -0.25) is 0 Å². The maximum Gasteiger partial charge on any atom is 0.143 e. The van der Waals surface area contributed by atoms with Gasteiger partial charge in [0.15, 0.2) is 0 Å². The molecule has 14 heavy (non-hydrogen) atoms. The quantitative estimate of drug-likeness (QED) is 0.799. The van der Waals surface area contributed by atoms with Gasteiger partial charge in [-0.1, -0.05) is 13.0 Å². The Bertz CT molecular complexity index is 355. The number of nitriles is 1. The van der Waals surface area contributed by atoms with Gasteiger partial charge in [-0.25, -0.2) is 4.39 Å². The first kappa shape index (κ1) is 10.5. The lowest BCUT2D eigenvalue weighted by atomic mass is 10.1. The molecule has 0 saturated heterocycles. The topological polar surface area (TPSA) is 35.8 Å². The molecule has 0 aliphatic rings. The molecule has 0 spiro atoms. The fourth-order valence-electron chi connectivity index (χ4n) is 1.13. The fraction of sp³-hybridized carbons (Fsp3) is 0.364. The summed E-state index contributed by atoms with van der Waals surface area (Å²) >= 11 is 0. The van der Waals surface area contributed by atoms with E-state index in [1.165, 1.54) is 6.07 Å². The van der Waals surface area contributed by atoms with Crippen molar-refractivity contribution in [3.05, 3.63) is 29.6 Å². The molecule has 1 aromatic rings. The molecule has 1 unspecified atom stereocenters. The third-order valence-electron chi connectivity index (χ3n) is 2.14.